The molecule has 0 saturated carbocycles. The van der Waals surface area contributed by atoms with E-state index in [1.54, 1.807) is 43.8 Å². The van der Waals surface area contributed by atoms with Crippen molar-refractivity contribution < 1.29 is 19.0 Å². The van der Waals surface area contributed by atoms with Crippen LogP contribution in [0.5, 0.6) is 11.5 Å². The van der Waals surface area contributed by atoms with Crippen LogP contribution >= 0.6 is 11.3 Å². The van der Waals surface area contributed by atoms with Crippen LogP contribution in [0.1, 0.15) is 10.4 Å². The van der Waals surface area contributed by atoms with E-state index in [1.165, 1.54) is 0 Å². The zero-order valence-electron chi connectivity index (χ0n) is 12.2. The van der Waals surface area contributed by atoms with Gasteiger partial charge in [0.2, 0.25) is 0 Å². The standard InChI is InChI=1S/C17H14O4S/c1-19-12-5-6-14(15(10-12)20-2)16-9-11(17(18)21-16)8-13-4-3-7-22-13/h3-10H,1-2H3/b11-8-. The highest BCUT2D eigenvalue weighted by Gasteiger charge is 2.24. The Morgan fingerprint density at radius 1 is 1.18 bits per heavy atom. The highest BCUT2D eigenvalue weighted by molar-refractivity contribution is 7.10. The minimum absolute atomic E-state index is 0.360. The van der Waals surface area contributed by atoms with Gasteiger partial charge in [-0.3, -0.25) is 0 Å². The molecule has 1 aromatic carbocycles. The number of hydrogen-bond acceptors (Lipinski definition) is 5. The molecule has 0 radical (unpaired) electrons. The number of hydrogen-bond donors (Lipinski definition) is 0. The molecular formula is C17H14O4S. The fraction of sp³-hybridized carbons (Fsp3) is 0.118. The first-order valence-electron chi connectivity index (χ1n) is 6.63. The lowest BCUT2D eigenvalue weighted by atomic mass is 10.1. The maximum atomic E-state index is 12.0. The van der Waals surface area contributed by atoms with Gasteiger partial charge in [-0.1, -0.05) is 6.07 Å². The highest BCUT2D eigenvalue weighted by Crippen LogP contribution is 2.35. The summed E-state index contributed by atoms with van der Waals surface area (Å²) in [6.07, 6.45) is 3.54. The fourth-order valence-corrected chi connectivity index (χ4v) is 2.82. The van der Waals surface area contributed by atoms with Gasteiger partial charge >= 0.3 is 5.97 Å². The van der Waals surface area contributed by atoms with Crippen molar-refractivity contribution in [3.63, 3.8) is 0 Å². The van der Waals surface area contributed by atoms with Crippen molar-refractivity contribution in [3.8, 4) is 11.5 Å². The zero-order chi connectivity index (χ0) is 15.5. The Kier molecular flexibility index (Phi) is 3.98. The monoisotopic (exact) mass is 314 g/mol. The molecule has 2 aromatic rings. The summed E-state index contributed by atoms with van der Waals surface area (Å²) in [7, 11) is 3.16. The van der Waals surface area contributed by atoms with Crippen LogP contribution in [0.25, 0.3) is 11.8 Å². The van der Waals surface area contributed by atoms with E-state index in [-0.39, 0.29) is 5.97 Å². The molecule has 5 heteroatoms. The van der Waals surface area contributed by atoms with Crippen LogP contribution in [0.15, 0.2) is 47.4 Å². The van der Waals surface area contributed by atoms with Crippen molar-refractivity contribution in [1.29, 1.82) is 0 Å². The van der Waals surface area contributed by atoms with E-state index in [9.17, 15) is 4.79 Å². The first-order valence-corrected chi connectivity index (χ1v) is 7.50. The van der Waals surface area contributed by atoms with Gasteiger partial charge in [0.1, 0.15) is 17.3 Å². The SMILES string of the molecule is COc1ccc(C2=C/C(=C/c3cccs3)C(=O)O2)c(OC)c1. The Balaban J connectivity index is 1.97. The summed E-state index contributed by atoms with van der Waals surface area (Å²) in [5.74, 6) is 1.39. The molecule has 1 aliphatic heterocycles. The lowest BCUT2D eigenvalue weighted by Crippen LogP contribution is -1.98. The van der Waals surface area contributed by atoms with E-state index in [0.29, 0.717) is 28.4 Å². The number of ether oxygens (including phenoxy) is 3. The van der Waals surface area contributed by atoms with E-state index in [4.69, 9.17) is 14.2 Å². The van der Waals surface area contributed by atoms with Crippen molar-refractivity contribution in [2.45, 2.75) is 0 Å². The average molecular weight is 314 g/mol. The van der Waals surface area contributed by atoms with Gasteiger partial charge in [0.05, 0.1) is 25.4 Å². The summed E-state index contributed by atoms with van der Waals surface area (Å²) in [5.41, 5.74) is 1.24. The van der Waals surface area contributed by atoms with Crippen LogP contribution in [0.3, 0.4) is 0 Å². The Hall–Kier alpha value is -2.53. The van der Waals surface area contributed by atoms with E-state index >= 15 is 0 Å². The fourth-order valence-electron chi connectivity index (χ4n) is 2.15. The first kappa shape index (κ1) is 14.4. The normalized spacial score (nSPS) is 15.6. The molecule has 1 aromatic heterocycles. The van der Waals surface area contributed by atoms with E-state index in [2.05, 4.69) is 0 Å². The zero-order valence-corrected chi connectivity index (χ0v) is 13.0. The van der Waals surface area contributed by atoms with Gasteiger partial charge in [0.25, 0.3) is 0 Å². The Morgan fingerprint density at radius 3 is 2.73 bits per heavy atom. The molecule has 1 aliphatic rings. The quantitative estimate of drug-likeness (QED) is 0.637. The smallest absolute Gasteiger partial charge is 0.343 e. The van der Waals surface area contributed by atoms with Crippen LogP contribution in [-0.2, 0) is 9.53 Å². The molecule has 112 valence electrons. The summed E-state index contributed by atoms with van der Waals surface area (Å²) < 4.78 is 15.9. The van der Waals surface area contributed by atoms with Crippen molar-refractivity contribution in [1.82, 2.24) is 0 Å². The Bertz CT molecular complexity index is 757. The van der Waals surface area contributed by atoms with Gasteiger partial charge in [-0.2, -0.15) is 0 Å². The van der Waals surface area contributed by atoms with Crippen molar-refractivity contribution >= 4 is 29.1 Å². The van der Waals surface area contributed by atoms with Crippen molar-refractivity contribution in [2.75, 3.05) is 14.2 Å². The molecule has 4 nitrogen and oxygen atoms in total. The second-order valence-electron chi connectivity index (χ2n) is 4.58. The molecule has 0 unspecified atom stereocenters. The van der Waals surface area contributed by atoms with Gasteiger partial charge in [0, 0.05) is 10.9 Å². The lowest BCUT2D eigenvalue weighted by Gasteiger charge is -2.10. The molecule has 0 bridgehead atoms. The maximum Gasteiger partial charge on any atom is 0.343 e. The van der Waals surface area contributed by atoms with Crippen LogP contribution in [-0.4, -0.2) is 20.2 Å². The van der Waals surface area contributed by atoms with Gasteiger partial charge < -0.3 is 14.2 Å². The molecule has 0 saturated heterocycles. The van der Waals surface area contributed by atoms with Crippen LogP contribution < -0.4 is 9.47 Å². The average Bonchev–Trinajstić information content (AvgIpc) is 3.17. The number of rotatable bonds is 4. The van der Waals surface area contributed by atoms with Gasteiger partial charge in [0.15, 0.2) is 0 Å². The van der Waals surface area contributed by atoms with E-state index in [0.717, 1.165) is 4.88 Å². The van der Waals surface area contributed by atoms with Gasteiger partial charge in [-0.25, -0.2) is 4.79 Å². The van der Waals surface area contributed by atoms with Crippen molar-refractivity contribution in [3.05, 3.63) is 57.8 Å². The second kappa shape index (κ2) is 6.07. The lowest BCUT2D eigenvalue weighted by molar-refractivity contribution is -0.130. The summed E-state index contributed by atoms with van der Waals surface area (Å²) >= 11 is 1.57. The molecule has 22 heavy (non-hydrogen) atoms. The van der Waals surface area contributed by atoms with Crippen LogP contribution in [0.4, 0.5) is 0 Å². The molecule has 0 amide bonds. The first-order chi connectivity index (χ1) is 10.7. The van der Waals surface area contributed by atoms with Crippen LogP contribution in [0, 0.1) is 0 Å². The summed E-state index contributed by atoms with van der Waals surface area (Å²) in [4.78, 5) is 13.0. The Labute approximate surface area is 132 Å². The number of esters is 1. The molecule has 2 heterocycles. The van der Waals surface area contributed by atoms with Gasteiger partial charge in [-0.05, 0) is 35.7 Å². The molecule has 0 aliphatic carbocycles. The van der Waals surface area contributed by atoms with Crippen LogP contribution in [0.2, 0.25) is 0 Å². The third-order valence-electron chi connectivity index (χ3n) is 3.24. The molecule has 3 rings (SSSR count). The molecule has 0 fully saturated rings. The summed E-state index contributed by atoms with van der Waals surface area (Å²) in [6.45, 7) is 0. The number of methoxy groups -OCH3 is 2. The van der Waals surface area contributed by atoms with E-state index < -0.39 is 0 Å². The minimum atomic E-state index is -0.360. The van der Waals surface area contributed by atoms with Crippen molar-refractivity contribution in [2.24, 2.45) is 0 Å². The van der Waals surface area contributed by atoms with Gasteiger partial charge in [-0.15, -0.1) is 11.3 Å². The number of carbonyl (C=O) groups is 1. The number of carbonyl (C=O) groups excluding carboxylic acids is 1. The predicted octanol–water partition coefficient (Wildman–Crippen LogP) is 3.75. The number of cyclic esters (lactones) is 1. The molecule has 0 atom stereocenters. The summed E-state index contributed by atoms with van der Waals surface area (Å²) in [6, 6.07) is 9.25. The molecule has 0 spiro atoms. The molecule has 0 N–H and O–H groups in total. The Morgan fingerprint density at radius 2 is 2.05 bits per heavy atom. The minimum Gasteiger partial charge on any atom is -0.497 e. The third-order valence-corrected chi connectivity index (χ3v) is 4.06. The highest BCUT2D eigenvalue weighted by atomic mass is 32.1. The topological polar surface area (TPSA) is 44.8 Å². The molecular weight excluding hydrogens is 300 g/mol. The maximum absolute atomic E-state index is 12.0. The largest absolute Gasteiger partial charge is 0.497 e. The third kappa shape index (κ3) is 2.76. The van der Waals surface area contributed by atoms with E-state index in [1.807, 2.05) is 29.7 Å². The number of benzene rings is 1. The number of thiophene rings is 1. The second-order valence-corrected chi connectivity index (χ2v) is 5.56. The summed E-state index contributed by atoms with van der Waals surface area (Å²) in [5, 5.41) is 1.96. The predicted molar refractivity (Wildman–Crippen MR) is 85.9 cm³/mol.